The molecular formula is C30H36FN3O5S. The summed E-state index contributed by atoms with van der Waals surface area (Å²) in [4.78, 5) is 28.2. The molecule has 3 aromatic carbocycles. The molecule has 0 unspecified atom stereocenters. The van der Waals surface area contributed by atoms with E-state index in [-0.39, 0.29) is 28.7 Å². The van der Waals surface area contributed by atoms with Gasteiger partial charge in [0.2, 0.25) is 11.8 Å². The maximum atomic E-state index is 14.6. The molecule has 214 valence electrons. The Labute approximate surface area is 235 Å². The molecular weight excluding hydrogens is 533 g/mol. The lowest BCUT2D eigenvalue weighted by Gasteiger charge is -2.32. The van der Waals surface area contributed by atoms with E-state index in [1.165, 1.54) is 48.4 Å². The van der Waals surface area contributed by atoms with Gasteiger partial charge in [0.15, 0.2) is 0 Å². The smallest absolute Gasteiger partial charge is 0.264 e. The van der Waals surface area contributed by atoms with Crippen LogP contribution in [0.5, 0.6) is 5.75 Å². The van der Waals surface area contributed by atoms with E-state index in [9.17, 15) is 22.4 Å². The van der Waals surface area contributed by atoms with Gasteiger partial charge in [0.25, 0.3) is 10.0 Å². The Kier molecular flexibility index (Phi) is 10.3. The minimum Gasteiger partial charge on any atom is -0.497 e. The van der Waals surface area contributed by atoms with E-state index in [1.54, 1.807) is 43.3 Å². The Morgan fingerprint density at radius 3 is 2.30 bits per heavy atom. The van der Waals surface area contributed by atoms with E-state index < -0.39 is 40.2 Å². The van der Waals surface area contributed by atoms with Crippen LogP contribution in [0, 0.1) is 12.7 Å². The molecule has 0 spiro atoms. The third-order valence-corrected chi connectivity index (χ3v) is 8.48. The van der Waals surface area contributed by atoms with Crippen LogP contribution in [0.1, 0.15) is 38.3 Å². The van der Waals surface area contributed by atoms with Crippen LogP contribution in [0.4, 0.5) is 10.1 Å². The zero-order valence-corrected chi connectivity index (χ0v) is 24.2. The summed E-state index contributed by atoms with van der Waals surface area (Å²) in [6, 6.07) is 17.5. The van der Waals surface area contributed by atoms with Crippen molar-refractivity contribution in [1.82, 2.24) is 10.2 Å². The van der Waals surface area contributed by atoms with Gasteiger partial charge in [0.05, 0.1) is 17.7 Å². The summed E-state index contributed by atoms with van der Waals surface area (Å²) in [5.74, 6) is -1.23. The maximum absolute atomic E-state index is 14.6. The molecule has 8 nitrogen and oxygen atoms in total. The lowest BCUT2D eigenvalue weighted by Crippen LogP contribution is -2.52. The van der Waals surface area contributed by atoms with Gasteiger partial charge in [-0.2, -0.15) is 0 Å². The predicted octanol–water partition coefficient (Wildman–Crippen LogP) is 4.67. The number of benzene rings is 3. The topological polar surface area (TPSA) is 96.0 Å². The monoisotopic (exact) mass is 569 g/mol. The second-order valence-corrected chi connectivity index (χ2v) is 11.5. The Balaban J connectivity index is 2.05. The van der Waals surface area contributed by atoms with Crippen LogP contribution in [-0.4, -0.2) is 50.9 Å². The summed E-state index contributed by atoms with van der Waals surface area (Å²) in [5.41, 5.74) is 1.28. The quantitative estimate of drug-likeness (QED) is 0.342. The average Bonchev–Trinajstić information content (AvgIpc) is 2.95. The number of hydrogen-bond acceptors (Lipinski definition) is 5. The molecule has 0 saturated carbocycles. The third kappa shape index (κ3) is 7.38. The molecule has 0 bridgehead atoms. The van der Waals surface area contributed by atoms with E-state index in [0.29, 0.717) is 12.2 Å². The van der Waals surface area contributed by atoms with Gasteiger partial charge in [0, 0.05) is 24.2 Å². The minimum atomic E-state index is -4.22. The summed E-state index contributed by atoms with van der Waals surface area (Å²) in [6.07, 6.45) is 0.679. The van der Waals surface area contributed by atoms with Crippen LogP contribution in [0.3, 0.4) is 0 Å². The number of carbonyl (C=O) groups is 2. The van der Waals surface area contributed by atoms with Crippen molar-refractivity contribution in [3.8, 4) is 5.75 Å². The number of methoxy groups -OCH3 is 1. The summed E-state index contributed by atoms with van der Waals surface area (Å²) in [7, 11) is -2.76. The Morgan fingerprint density at radius 2 is 1.68 bits per heavy atom. The molecule has 0 heterocycles. The van der Waals surface area contributed by atoms with Crippen molar-refractivity contribution in [2.24, 2.45) is 0 Å². The van der Waals surface area contributed by atoms with Crippen molar-refractivity contribution in [1.29, 1.82) is 0 Å². The summed E-state index contributed by atoms with van der Waals surface area (Å²) in [6.45, 7) is 6.29. The Morgan fingerprint density at radius 1 is 1.00 bits per heavy atom. The molecule has 3 aromatic rings. The molecule has 1 N–H and O–H groups in total. The molecule has 3 rings (SSSR count). The highest BCUT2D eigenvalue weighted by Crippen LogP contribution is 2.28. The molecule has 0 saturated heterocycles. The Hall–Kier alpha value is -3.92. The molecule has 0 aromatic heterocycles. The largest absolute Gasteiger partial charge is 0.497 e. The van der Waals surface area contributed by atoms with Crippen molar-refractivity contribution in [3.63, 3.8) is 0 Å². The van der Waals surface area contributed by atoms with Crippen LogP contribution in [0.15, 0.2) is 77.7 Å². The highest BCUT2D eigenvalue weighted by molar-refractivity contribution is 7.92. The number of hydrogen-bond donors (Lipinski definition) is 1. The van der Waals surface area contributed by atoms with Gasteiger partial charge >= 0.3 is 0 Å². The van der Waals surface area contributed by atoms with Gasteiger partial charge in [-0.25, -0.2) is 12.8 Å². The van der Waals surface area contributed by atoms with Crippen molar-refractivity contribution >= 4 is 27.5 Å². The van der Waals surface area contributed by atoms with Crippen molar-refractivity contribution in [3.05, 3.63) is 89.7 Å². The summed E-state index contributed by atoms with van der Waals surface area (Å²) in [5, 5.41) is 2.85. The van der Waals surface area contributed by atoms with Crippen molar-refractivity contribution in [2.45, 2.75) is 57.6 Å². The first-order valence-electron chi connectivity index (χ1n) is 13.0. The number of halogens is 1. The molecule has 0 fully saturated rings. The summed E-state index contributed by atoms with van der Waals surface area (Å²) < 4.78 is 48.7. The van der Waals surface area contributed by atoms with Crippen molar-refractivity contribution in [2.75, 3.05) is 18.0 Å². The maximum Gasteiger partial charge on any atom is 0.264 e. The Bertz CT molecular complexity index is 1430. The number of rotatable bonds is 12. The number of sulfonamides is 1. The predicted molar refractivity (Wildman–Crippen MR) is 153 cm³/mol. The lowest BCUT2D eigenvalue weighted by atomic mass is 10.1. The fourth-order valence-corrected chi connectivity index (χ4v) is 5.40. The number of carbonyl (C=O) groups excluding carboxylic acids is 2. The number of ether oxygens (including phenoxy) is 1. The second kappa shape index (κ2) is 13.4. The third-order valence-electron chi connectivity index (χ3n) is 6.70. The van der Waals surface area contributed by atoms with Gasteiger partial charge in [0.1, 0.15) is 24.2 Å². The van der Waals surface area contributed by atoms with Crippen LogP contribution in [0.2, 0.25) is 0 Å². The van der Waals surface area contributed by atoms with E-state index in [4.69, 9.17) is 4.74 Å². The molecule has 2 amide bonds. The van der Waals surface area contributed by atoms with Crippen LogP contribution in [0.25, 0.3) is 0 Å². The van der Waals surface area contributed by atoms with Gasteiger partial charge in [-0.05, 0) is 57.5 Å². The fourth-order valence-electron chi connectivity index (χ4n) is 3.99. The summed E-state index contributed by atoms with van der Waals surface area (Å²) >= 11 is 0. The van der Waals surface area contributed by atoms with Crippen LogP contribution >= 0.6 is 0 Å². The van der Waals surface area contributed by atoms with E-state index in [0.717, 1.165) is 9.87 Å². The van der Waals surface area contributed by atoms with E-state index >= 15 is 0 Å². The van der Waals surface area contributed by atoms with Crippen LogP contribution < -0.4 is 14.4 Å². The van der Waals surface area contributed by atoms with Gasteiger partial charge in [-0.15, -0.1) is 0 Å². The highest BCUT2D eigenvalue weighted by Gasteiger charge is 2.33. The molecule has 0 aliphatic heterocycles. The molecule has 0 aliphatic carbocycles. The molecule has 0 aliphatic rings. The minimum absolute atomic E-state index is 0.00284. The van der Waals surface area contributed by atoms with Crippen molar-refractivity contribution < 1.29 is 27.1 Å². The number of amides is 2. The van der Waals surface area contributed by atoms with Crippen LogP contribution in [-0.2, 0) is 26.2 Å². The number of anilines is 1. The fraction of sp³-hybridized carbons (Fsp3) is 0.333. The number of nitrogens with one attached hydrogen (secondary N) is 1. The standard InChI is InChI=1S/C30H36FN3O5S/c1-6-22(3)32-30(36)23(4)33(19-24-10-7-8-13-28(24)31)29(35)20-34(25-11-9-12-26(18-25)39-5)40(37,38)27-16-14-21(2)15-17-27/h7-18,22-23H,6,19-20H2,1-5H3,(H,32,36)/t22-,23-/m1/s1. The zero-order chi connectivity index (χ0) is 29.4. The number of nitrogens with zero attached hydrogens (tertiary/aromatic N) is 2. The van der Waals surface area contributed by atoms with Gasteiger partial charge < -0.3 is 15.0 Å². The number of aryl methyl sites for hydroxylation is 1. The van der Waals surface area contributed by atoms with E-state index in [2.05, 4.69) is 5.32 Å². The van der Waals surface area contributed by atoms with Gasteiger partial charge in [-0.3, -0.25) is 13.9 Å². The SMILES string of the molecule is CC[C@@H](C)NC(=O)[C@@H](C)N(Cc1ccccc1F)C(=O)CN(c1cccc(OC)c1)S(=O)(=O)c1ccc(C)cc1. The molecule has 2 atom stereocenters. The molecule has 0 radical (unpaired) electrons. The highest BCUT2D eigenvalue weighted by atomic mass is 32.2. The normalized spacial score (nSPS) is 12.8. The first kappa shape index (κ1) is 30.6. The first-order chi connectivity index (χ1) is 19.0. The first-order valence-corrected chi connectivity index (χ1v) is 14.5. The lowest BCUT2D eigenvalue weighted by molar-refractivity contribution is -0.139. The molecule has 40 heavy (non-hydrogen) atoms. The van der Waals surface area contributed by atoms with Gasteiger partial charge in [-0.1, -0.05) is 48.9 Å². The zero-order valence-electron chi connectivity index (χ0n) is 23.4. The average molecular weight is 570 g/mol. The molecule has 10 heteroatoms. The van der Waals surface area contributed by atoms with E-state index in [1.807, 2.05) is 20.8 Å². The second-order valence-electron chi connectivity index (χ2n) is 9.63.